The molecule has 0 aliphatic rings. The minimum absolute atomic E-state index is 0.686. The normalized spacial score (nSPS) is 12.1. The van der Waals surface area contributed by atoms with Crippen LogP contribution in [0.1, 0.15) is 0 Å². The SMILES string of the molecule is c1ccc2c(c1)oc1c(-c3ccc4oc5ccc(-c6cccc7c6sc6ncncc67)cc5c4c3)ncnc12. The van der Waals surface area contributed by atoms with Crippen molar-refractivity contribution < 1.29 is 8.83 Å². The number of nitrogens with zero attached hydrogens (tertiary/aromatic N) is 4. The van der Waals surface area contributed by atoms with Crippen molar-refractivity contribution in [2.24, 2.45) is 0 Å². The first-order valence-electron chi connectivity index (χ1n) is 12.5. The number of hydrogen-bond donors (Lipinski definition) is 0. The van der Waals surface area contributed by atoms with Gasteiger partial charge in [0.2, 0.25) is 0 Å². The molecule has 5 aromatic heterocycles. The molecule has 0 saturated carbocycles. The summed E-state index contributed by atoms with van der Waals surface area (Å²) >= 11 is 1.70. The van der Waals surface area contributed by atoms with Gasteiger partial charge in [0.15, 0.2) is 5.58 Å². The van der Waals surface area contributed by atoms with Gasteiger partial charge in [-0.3, -0.25) is 0 Å². The van der Waals surface area contributed by atoms with Crippen LogP contribution in [-0.2, 0) is 0 Å². The number of aromatic nitrogens is 4. The predicted molar refractivity (Wildman–Crippen MR) is 156 cm³/mol. The van der Waals surface area contributed by atoms with Crippen molar-refractivity contribution in [2.75, 3.05) is 0 Å². The summed E-state index contributed by atoms with van der Waals surface area (Å²) in [6, 6.07) is 26.9. The lowest BCUT2D eigenvalue weighted by Crippen LogP contribution is -1.86. The molecule has 6 nitrogen and oxygen atoms in total. The third-order valence-corrected chi connectivity index (χ3v) is 8.55. The van der Waals surface area contributed by atoms with Gasteiger partial charge in [-0.2, -0.15) is 0 Å². The highest BCUT2D eigenvalue weighted by Crippen LogP contribution is 2.41. The van der Waals surface area contributed by atoms with E-state index in [-0.39, 0.29) is 0 Å². The first-order valence-corrected chi connectivity index (χ1v) is 13.3. The third-order valence-electron chi connectivity index (χ3n) is 7.39. The fraction of sp³-hybridized carbons (Fsp3) is 0. The van der Waals surface area contributed by atoms with Gasteiger partial charge >= 0.3 is 0 Å². The molecule has 0 radical (unpaired) electrons. The van der Waals surface area contributed by atoms with Crippen LogP contribution >= 0.6 is 11.3 Å². The number of fused-ring (bicyclic) bond motifs is 9. The summed E-state index contributed by atoms with van der Waals surface area (Å²) in [6.07, 6.45) is 5.10. The van der Waals surface area contributed by atoms with Crippen molar-refractivity contribution in [3.63, 3.8) is 0 Å². The number of furan rings is 2. The average Bonchev–Trinajstić information content (AvgIpc) is 3.67. The van der Waals surface area contributed by atoms with Gasteiger partial charge < -0.3 is 8.83 Å². The van der Waals surface area contributed by atoms with Crippen molar-refractivity contribution in [2.45, 2.75) is 0 Å². The predicted octanol–water partition coefficient (Wildman–Crippen LogP) is 8.77. The molecule has 39 heavy (non-hydrogen) atoms. The Morgan fingerprint density at radius 1 is 0.590 bits per heavy atom. The summed E-state index contributed by atoms with van der Waals surface area (Å²) in [5, 5.41) is 5.32. The van der Waals surface area contributed by atoms with Gasteiger partial charge in [-0.15, -0.1) is 11.3 Å². The van der Waals surface area contributed by atoms with Crippen LogP contribution in [0.25, 0.3) is 86.7 Å². The molecule has 0 fully saturated rings. The molecule has 0 amide bonds. The minimum Gasteiger partial charge on any atom is -0.456 e. The Bertz CT molecular complexity index is 2250. The molecule has 9 rings (SSSR count). The van der Waals surface area contributed by atoms with Crippen LogP contribution in [-0.4, -0.2) is 19.9 Å². The number of benzene rings is 4. The number of para-hydroxylation sites is 1. The van der Waals surface area contributed by atoms with E-state index in [2.05, 4.69) is 62.4 Å². The van der Waals surface area contributed by atoms with Gasteiger partial charge in [0.25, 0.3) is 0 Å². The molecule has 9 aromatic rings. The van der Waals surface area contributed by atoms with Crippen molar-refractivity contribution in [3.05, 3.63) is 97.7 Å². The number of thiophene rings is 1. The highest BCUT2D eigenvalue weighted by molar-refractivity contribution is 7.26. The van der Waals surface area contributed by atoms with Crippen LogP contribution in [0.2, 0.25) is 0 Å². The zero-order valence-electron chi connectivity index (χ0n) is 20.3. The van der Waals surface area contributed by atoms with E-state index in [4.69, 9.17) is 8.83 Å². The minimum atomic E-state index is 0.686. The van der Waals surface area contributed by atoms with Crippen LogP contribution in [0.3, 0.4) is 0 Å². The van der Waals surface area contributed by atoms with E-state index in [1.165, 1.54) is 15.6 Å². The highest BCUT2D eigenvalue weighted by Gasteiger charge is 2.17. The summed E-state index contributed by atoms with van der Waals surface area (Å²) in [4.78, 5) is 18.8. The zero-order chi connectivity index (χ0) is 25.5. The van der Waals surface area contributed by atoms with Crippen molar-refractivity contribution in [3.8, 4) is 22.4 Å². The van der Waals surface area contributed by atoms with Gasteiger partial charge in [-0.1, -0.05) is 36.4 Å². The summed E-state index contributed by atoms with van der Waals surface area (Å²) in [5.41, 5.74) is 7.99. The topological polar surface area (TPSA) is 77.8 Å². The fourth-order valence-electron chi connectivity index (χ4n) is 5.59. The lowest BCUT2D eigenvalue weighted by atomic mass is 10.00. The Hall–Kier alpha value is -5.14. The molecule has 4 aromatic carbocycles. The average molecular weight is 521 g/mol. The summed E-state index contributed by atoms with van der Waals surface area (Å²) in [5.74, 6) is 0. The molecule has 182 valence electrons. The van der Waals surface area contributed by atoms with Crippen LogP contribution in [0.5, 0.6) is 0 Å². The van der Waals surface area contributed by atoms with Crippen molar-refractivity contribution >= 4 is 75.6 Å². The second-order valence-corrected chi connectivity index (χ2v) is 10.5. The largest absolute Gasteiger partial charge is 0.456 e. The Balaban J connectivity index is 1.26. The molecule has 0 unspecified atom stereocenters. The maximum Gasteiger partial charge on any atom is 0.180 e. The Morgan fingerprint density at radius 3 is 2.31 bits per heavy atom. The molecule has 7 heteroatoms. The second kappa shape index (κ2) is 7.69. The summed E-state index contributed by atoms with van der Waals surface area (Å²) in [6.45, 7) is 0. The molecule has 0 aliphatic carbocycles. The first kappa shape index (κ1) is 20.9. The fourth-order valence-corrected chi connectivity index (χ4v) is 6.74. The Morgan fingerprint density at radius 2 is 1.38 bits per heavy atom. The monoisotopic (exact) mass is 520 g/mol. The van der Waals surface area contributed by atoms with Gasteiger partial charge in [0.1, 0.15) is 45.4 Å². The third kappa shape index (κ3) is 2.96. The lowest BCUT2D eigenvalue weighted by molar-refractivity contribution is 0.666. The molecule has 0 N–H and O–H groups in total. The molecule has 0 saturated heterocycles. The molecular weight excluding hydrogens is 504 g/mol. The maximum atomic E-state index is 6.23. The van der Waals surface area contributed by atoms with E-state index in [9.17, 15) is 0 Å². The number of hydrogen-bond acceptors (Lipinski definition) is 7. The van der Waals surface area contributed by atoms with Gasteiger partial charge in [-0.25, -0.2) is 19.9 Å². The van der Waals surface area contributed by atoms with Crippen molar-refractivity contribution in [1.82, 2.24) is 19.9 Å². The van der Waals surface area contributed by atoms with Crippen LogP contribution < -0.4 is 0 Å². The molecule has 0 bridgehead atoms. The first-order chi connectivity index (χ1) is 19.3. The lowest BCUT2D eigenvalue weighted by Gasteiger charge is -2.04. The smallest absolute Gasteiger partial charge is 0.180 e. The van der Waals surface area contributed by atoms with Gasteiger partial charge in [-0.05, 0) is 53.6 Å². The Kier molecular flexibility index (Phi) is 4.11. The standard InChI is InChI=1S/C32H16N4O2S/c1-2-7-25-21(4-1)29-30(38-25)28(34-16-35-29)18-9-11-27-23(13-18)22-12-17(8-10-26(22)37-27)19-5-3-6-20-24-14-33-15-36-32(24)39-31(19)20/h1-16H. The molecule has 0 atom stereocenters. The van der Waals surface area contributed by atoms with E-state index in [1.807, 2.05) is 42.6 Å². The van der Waals surface area contributed by atoms with Gasteiger partial charge in [0, 0.05) is 43.4 Å². The molecule has 5 heterocycles. The highest BCUT2D eigenvalue weighted by atomic mass is 32.1. The quantitative estimate of drug-likeness (QED) is 0.227. The van der Waals surface area contributed by atoms with Gasteiger partial charge in [0.05, 0.1) is 0 Å². The summed E-state index contributed by atoms with van der Waals surface area (Å²) in [7, 11) is 0. The van der Waals surface area contributed by atoms with E-state index < -0.39 is 0 Å². The number of rotatable bonds is 2. The zero-order valence-corrected chi connectivity index (χ0v) is 21.1. The van der Waals surface area contributed by atoms with E-state index >= 15 is 0 Å². The van der Waals surface area contributed by atoms with Crippen molar-refractivity contribution in [1.29, 1.82) is 0 Å². The van der Waals surface area contributed by atoms with E-state index in [1.54, 1.807) is 24.0 Å². The van der Waals surface area contributed by atoms with Crippen LogP contribution in [0.15, 0.2) is 107 Å². The van der Waals surface area contributed by atoms with Crippen LogP contribution in [0.4, 0.5) is 0 Å². The Labute approximate surface area is 224 Å². The molecular formula is C32H16N4O2S. The maximum absolute atomic E-state index is 6.23. The molecule has 0 aliphatic heterocycles. The van der Waals surface area contributed by atoms with E-state index in [0.29, 0.717) is 5.58 Å². The molecule has 0 spiro atoms. The van der Waals surface area contributed by atoms with E-state index in [0.717, 1.165) is 65.5 Å². The van der Waals surface area contributed by atoms with Crippen LogP contribution in [0, 0.1) is 0 Å². The second-order valence-electron chi connectivity index (χ2n) is 9.55. The summed E-state index contributed by atoms with van der Waals surface area (Å²) < 4.78 is 13.6.